The predicted octanol–water partition coefficient (Wildman–Crippen LogP) is -0.790. The Morgan fingerprint density at radius 2 is 2.13 bits per heavy atom. The second kappa shape index (κ2) is 5.32. The molecule has 5 heteroatoms. The van der Waals surface area contributed by atoms with Crippen LogP contribution in [-0.2, 0) is 4.74 Å². The van der Waals surface area contributed by atoms with Crippen LogP contribution in [0.2, 0.25) is 0 Å². The van der Waals surface area contributed by atoms with E-state index in [4.69, 9.17) is 4.74 Å². The normalized spacial score (nSPS) is 23.0. The van der Waals surface area contributed by atoms with Crippen LogP contribution in [0.15, 0.2) is 4.99 Å². The molecule has 5 nitrogen and oxygen atoms in total. The highest BCUT2D eigenvalue weighted by Crippen LogP contribution is 1.97. The fourth-order valence-corrected chi connectivity index (χ4v) is 1.87. The zero-order valence-corrected chi connectivity index (χ0v) is 9.41. The minimum Gasteiger partial charge on any atom is -0.379 e. The average molecular weight is 212 g/mol. The quantitative estimate of drug-likeness (QED) is 0.665. The minimum atomic E-state index is 0.876. The van der Waals surface area contributed by atoms with E-state index in [1.807, 2.05) is 0 Å². The van der Waals surface area contributed by atoms with Gasteiger partial charge in [-0.2, -0.15) is 0 Å². The van der Waals surface area contributed by atoms with Crippen molar-refractivity contribution in [3.63, 3.8) is 0 Å². The van der Waals surface area contributed by atoms with Crippen LogP contribution in [0.25, 0.3) is 0 Å². The number of morpholine rings is 1. The van der Waals surface area contributed by atoms with Crippen molar-refractivity contribution in [2.45, 2.75) is 0 Å². The maximum Gasteiger partial charge on any atom is 0.193 e. The lowest BCUT2D eigenvalue weighted by Crippen LogP contribution is -2.43. The van der Waals surface area contributed by atoms with Crippen molar-refractivity contribution in [2.75, 3.05) is 59.5 Å². The van der Waals surface area contributed by atoms with E-state index in [0.717, 1.165) is 58.4 Å². The van der Waals surface area contributed by atoms with Gasteiger partial charge in [0.15, 0.2) is 5.96 Å². The molecular weight excluding hydrogens is 192 g/mol. The molecule has 15 heavy (non-hydrogen) atoms. The van der Waals surface area contributed by atoms with Gasteiger partial charge in [0, 0.05) is 39.8 Å². The van der Waals surface area contributed by atoms with Gasteiger partial charge in [0.1, 0.15) is 0 Å². The van der Waals surface area contributed by atoms with Crippen LogP contribution >= 0.6 is 0 Å². The number of ether oxygens (including phenoxy) is 1. The van der Waals surface area contributed by atoms with Crippen molar-refractivity contribution in [3.05, 3.63) is 0 Å². The summed E-state index contributed by atoms with van der Waals surface area (Å²) in [6, 6.07) is 0. The number of hydrogen-bond acceptors (Lipinski definition) is 5. The first-order valence-corrected chi connectivity index (χ1v) is 5.66. The van der Waals surface area contributed by atoms with Gasteiger partial charge in [0.05, 0.1) is 19.8 Å². The first-order valence-electron chi connectivity index (χ1n) is 5.66. The molecule has 0 bridgehead atoms. The molecular formula is C10H20N4O. The van der Waals surface area contributed by atoms with Gasteiger partial charge in [-0.15, -0.1) is 0 Å². The number of likely N-dealkylation sites (N-methyl/N-ethyl adjacent to an activating group) is 1. The first-order chi connectivity index (χ1) is 7.36. The lowest BCUT2D eigenvalue weighted by Gasteiger charge is -2.27. The molecule has 0 aliphatic carbocycles. The highest BCUT2D eigenvalue weighted by Gasteiger charge is 2.13. The molecule has 0 aromatic carbocycles. The second-order valence-electron chi connectivity index (χ2n) is 4.01. The average Bonchev–Trinajstić information content (AvgIpc) is 2.66. The summed E-state index contributed by atoms with van der Waals surface area (Å²) in [5, 5.41) is 3.37. The zero-order valence-electron chi connectivity index (χ0n) is 9.41. The van der Waals surface area contributed by atoms with Gasteiger partial charge >= 0.3 is 0 Å². The van der Waals surface area contributed by atoms with Gasteiger partial charge in [-0.25, -0.2) is 0 Å². The Morgan fingerprint density at radius 1 is 1.33 bits per heavy atom. The van der Waals surface area contributed by atoms with Gasteiger partial charge in [0.2, 0.25) is 0 Å². The van der Waals surface area contributed by atoms with Crippen LogP contribution in [0.3, 0.4) is 0 Å². The standard InChI is InChI=1S/C10H20N4O/c1-13-4-2-11-10(13)12-3-5-14-6-8-15-9-7-14/h2-9H2,1H3,(H,11,12). The van der Waals surface area contributed by atoms with E-state index in [9.17, 15) is 0 Å². The summed E-state index contributed by atoms with van der Waals surface area (Å²) < 4.78 is 5.30. The number of nitrogens with zero attached hydrogens (tertiary/aromatic N) is 3. The fourth-order valence-electron chi connectivity index (χ4n) is 1.87. The number of guanidine groups is 1. The van der Waals surface area contributed by atoms with Crippen LogP contribution in [-0.4, -0.2) is 75.3 Å². The molecule has 2 heterocycles. The molecule has 0 amide bonds. The Bertz CT molecular complexity index is 225. The summed E-state index contributed by atoms with van der Waals surface area (Å²) in [6.45, 7) is 7.89. The van der Waals surface area contributed by atoms with Gasteiger partial charge in [-0.1, -0.05) is 0 Å². The van der Waals surface area contributed by atoms with E-state index in [0.29, 0.717) is 0 Å². The van der Waals surface area contributed by atoms with Crippen LogP contribution < -0.4 is 5.32 Å². The highest BCUT2D eigenvalue weighted by molar-refractivity contribution is 5.81. The van der Waals surface area contributed by atoms with Crippen molar-refractivity contribution in [1.82, 2.24) is 15.1 Å². The third kappa shape index (κ3) is 3.07. The minimum absolute atomic E-state index is 0.876. The van der Waals surface area contributed by atoms with E-state index in [2.05, 4.69) is 27.2 Å². The summed E-state index contributed by atoms with van der Waals surface area (Å²) >= 11 is 0. The molecule has 1 saturated heterocycles. The van der Waals surface area contributed by atoms with Gasteiger partial charge in [-0.3, -0.25) is 9.89 Å². The highest BCUT2D eigenvalue weighted by atomic mass is 16.5. The Hall–Kier alpha value is -0.810. The molecule has 1 fully saturated rings. The van der Waals surface area contributed by atoms with Gasteiger partial charge in [-0.05, 0) is 0 Å². The van der Waals surface area contributed by atoms with Crippen LogP contribution in [0.1, 0.15) is 0 Å². The van der Waals surface area contributed by atoms with Gasteiger partial charge < -0.3 is 15.0 Å². The van der Waals surface area contributed by atoms with Crippen molar-refractivity contribution in [2.24, 2.45) is 4.99 Å². The van der Waals surface area contributed by atoms with E-state index < -0.39 is 0 Å². The molecule has 0 unspecified atom stereocenters. The molecule has 0 aromatic heterocycles. The number of aliphatic imine (C=N–C) groups is 1. The molecule has 2 aliphatic heterocycles. The van der Waals surface area contributed by atoms with Crippen molar-refractivity contribution in [1.29, 1.82) is 0 Å². The molecule has 0 saturated carbocycles. The molecule has 0 atom stereocenters. The predicted molar refractivity (Wildman–Crippen MR) is 60.2 cm³/mol. The smallest absolute Gasteiger partial charge is 0.193 e. The number of rotatable bonds is 3. The Morgan fingerprint density at radius 3 is 2.80 bits per heavy atom. The maximum absolute atomic E-state index is 5.30. The van der Waals surface area contributed by atoms with Crippen LogP contribution in [0.4, 0.5) is 0 Å². The summed E-state index contributed by atoms with van der Waals surface area (Å²) in [6.07, 6.45) is 0. The summed E-state index contributed by atoms with van der Waals surface area (Å²) in [5.74, 6) is 1.04. The fraction of sp³-hybridized carbons (Fsp3) is 0.900. The van der Waals surface area contributed by atoms with Crippen molar-refractivity contribution in [3.8, 4) is 0 Å². The van der Waals surface area contributed by atoms with Gasteiger partial charge in [0.25, 0.3) is 0 Å². The Kier molecular flexibility index (Phi) is 3.80. The molecule has 0 aromatic rings. The number of hydrogen-bond donors (Lipinski definition) is 1. The van der Waals surface area contributed by atoms with Crippen molar-refractivity contribution >= 4 is 5.96 Å². The third-order valence-corrected chi connectivity index (χ3v) is 2.87. The Balaban J connectivity index is 1.61. The van der Waals surface area contributed by atoms with E-state index in [-0.39, 0.29) is 0 Å². The lowest BCUT2D eigenvalue weighted by molar-refractivity contribution is 0.0389. The maximum atomic E-state index is 5.30. The third-order valence-electron chi connectivity index (χ3n) is 2.87. The number of nitrogens with one attached hydrogen (secondary N) is 1. The van der Waals surface area contributed by atoms with Crippen LogP contribution in [0.5, 0.6) is 0 Å². The molecule has 86 valence electrons. The first kappa shape index (κ1) is 10.7. The molecule has 2 aliphatic rings. The summed E-state index contributed by atoms with van der Waals surface area (Å²) in [7, 11) is 2.08. The second-order valence-corrected chi connectivity index (χ2v) is 4.01. The van der Waals surface area contributed by atoms with E-state index in [1.165, 1.54) is 0 Å². The summed E-state index contributed by atoms with van der Waals surface area (Å²) in [5.41, 5.74) is 0. The molecule has 0 radical (unpaired) electrons. The largest absolute Gasteiger partial charge is 0.379 e. The lowest BCUT2D eigenvalue weighted by atomic mass is 10.4. The zero-order chi connectivity index (χ0) is 10.5. The Labute approximate surface area is 91.1 Å². The van der Waals surface area contributed by atoms with E-state index >= 15 is 0 Å². The summed E-state index contributed by atoms with van der Waals surface area (Å²) in [4.78, 5) is 8.98. The molecule has 1 N–H and O–H groups in total. The molecule has 0 spiro atoms. The molecule has 2 rings (SSSR count). The SMILES string of the molecule is CN1CCN=C1NCCN1CCOCC1. The monoisotopic (exact) mass is 212 g/mol. The topological polar surface area (TPSA) is 40.1 Å². The van der Waals surface area contributed by atoms with Crippen molar-refractivity contribution < 1.29 is 4.74 Å². The van der Waals surface area contributed by atoms with E-state index in [1.54, 1.807) is 0 Å². The van der Waals surface area contributed by atoms with Crippen LogP contribution in [0, 0.1) is 0 Å².